The number of carbonyl (C=O) groups is 1. The lowest BCUT2D eigenvalue weighted by molar-refractivity contribution is 0.0686. The second-order valence-electron chi connectivity index (χ2n) is 3.43. The molecule has 1 heterocycles. The van der Waals surface area contributed by atoms with E-state index in [1.807, 2.05) is 0 Å². The molecule has 0 amide bonds. The second-order valence-corrected chi connectivity index (χ2v) is 3.81. The maximum absolute atomic E-state index is 13.6. The Hall–Kier alpha value is -1.88. The molecule has 6 heteroatoms. The predicted molar refractivity (Wildman–Crippen MR) is 58.6 cm³/mol. The van der Waals surface area contributed by atoms with Gasteiger partial charge in [-0.05, 0) is 18.6 Å². The molecule has 2 rings (SSSR count). The van der Waals surface area contributed by atoms with Gasteiger partial charge in [0, 0.05) is 6.07 Å². The number of rotatable bonds is 2. The second kappa shape index (κ2) is 4.18. The molecule has 2 aromatic rings. The van der Waals surface area contributed by atoms with Crippen molar-refractivity contribution >= 4 is 17.6 Å². The molecule has 4 nitrogen and oxygen atoms in total. The molecule has 0 aliphatic carbocycles. The van der Waals surface area contributed by atoms with E-state index in [1.165, 1.54) is 12.1 Å². The first-order valence-electron chi connectivity index (χ1n) is 4.65. The molecule has 0 aliphatic heterocycles. The number of hydrogen-bond donors (Lipinski definition) is 1. The molecule has 17 heavy (non-hydrogen) atoms. The van der Waals surface area contributed by atoms with Crippen LogP contribution in [0.2, 0.25) is 5.02 Å². The average Bonchev–Trinajstić information content (AvgIpc) is 2.73. The summed E-state index contributed by atoms with van der Waals surface area (Å²) in [6, 6.07) is 3.89. The Morgan fingerprint density at radius 1 is 1.53 bits per heavy atom. The van der Waals surface area contributed by atoms with Crippen LogP contribution >= 0.6 is 11.6 Å². The normalized spacial score (nSPS) is 10.5. The summed E-state index contributed by atoms with van der Waals surface area (Å²) in [5, 5.41) is 12.2. The predicted octanol–water partition coefficient (Wildman–Crippen LogP) is 3.14. The number of aromatic nitrogens is 1. The van der Waals surface area contributed by atoms with Gasteiger partial charge in [0.25, 0.3) is 0 Å². The largest absolute Gasteiger partial charge is 0.476 e. The van der Waals surface area contributed by atoms with Crippen LogP contribution in [0.1, 0.15) is 16.1 Å². The third-order valence-corrected chi connectivity index (χ3v) is 2.75. The molecule has 0 unspecified atom stereocenters. The molecule has 0 atom stereocenters. The molecule has 0 saturated heterocycles. The van der Waals surface area contributed by atoms with Gasteiger partial charge in [0.2, 0.25) is 0 Å². The molecule has 1 aromatic heterocycles. The van der Waals surface area contributed by atoms with Crippen molar-refractivity contribution in [3.8, 4) is 11.3 Å². The topological polar surface area (TPSA) is 63.3 Å². The number of hydrogen-bond acceptors (Lipinski definition) is 3. The smallest absolute Gasteiger partial charge is 0.358 e. The third-order valence-electron chi connectivity index (χ3n) is 2.26. The number of benzene rings is 1. The Bertz CT molecular complexity index is 594. The number of carboxylic acid groups (broad SMARTS) is 1. The highest BCUT2D eigenvalue weighted by atomic mass is 35.5. The number of carboxylic acids is 1. The van der Waals surface area contributed by atoms with Gasteiger partial charge in [-0.15, -0.1) is 0 Å². The zero-order valence-electron chi connectivity index (χ0n) is 8.70. The van der Waals surface area contributed by atoms with Crippen molar-refractivity contribution in [3.63, 3.8) is 0 Å². The highest BCUT2D eigenvalue weighted by Crippen LogP contribution is 2.33. The van der Waals surface area contributed by atoms with Crippen LogP contribution in [0, 0.1) is 12.7 Å². The van der Waals surface area contributed by atoms with Crippen molar-refractivity contribution in [2.24, 2.45) is 0 Å². The maximum atomic E-state index is 13.6. The molecular weight excluding hydrogens is 249 g/mol. The minimum Gasteiger partial charge on any atom is -0.476 e. The molecule has 1 aromatic carbocycles. The molecule has 0 bridgehead atoms. The van der Waals surface area contributed by atoms with E-state index in [9.17, 15) is 9.18 Å². The molecule has 0 aliphatic rings. The van der Waals surface area contributed by atoms with E-state index >= 15 is 0 Å². The van der Waals surface area contributed by atoms with E-state index in [0.29, 0.717) is 5.56 Å². The Labute approximate surface area is 101 Å². The summed E-state index contributed by atoms with van der Waals surface area (Å²) in [7, 11) is 0. The van der Waals surface area contributed by atoms with E-state index in [0.717, 1.165) is 6.07 Å². The zero-order valence-corrected chi connectivity index (χ0v) is 9.45. The minimum atomic E-state index is -1.25. The van der Waals surface area contributed by atoms with Gasteiger partial charge in [0.15, 0.2) is 11.5 Å². The van der Waals surface area contributed by atoms with Crippen LogP contribution in [0.25, 0.3) is 11.3 Å². The molecular formula is C11H7ClFNO3. The summed E-state index contributed by atoms with van der Waals surface area (Å²) < 4.78 is 18.4. The van der Waals surface area contributed by atoms with Crippen LogP contribution in [0.15, 0.2) is 22.7 Å². The van der Waals surface area contributed by atoms with Crippen LogP contribution in [-0.4, -0.2) is 16.2 Å². The summed E-state index contributed by atoms with van der Waals surface area (Å²) in [5.41, 5.74) is 0.389. The van der Waals surface area contributed by atoms with Crippen LogP contribution in [0.5, 0.6) is 0 Å². The number of halogens is 2. The Morgan fingerprint density at radius 3 is 2.82 bits per heavy atom. The lowest BCUT2D eigenvalue weighted by Crippen LogP contribution is -1.94. The van der Waals surface area contributed by atoms with Crippen LogP contribution < -0.4 is 0 Å². The fourth-order valence-corrected chi connectivity index (χ4v) is 1.62. The third kappa shape index (κ3) is 2.01. The van der Waals surface area contributed by atoms with Gasteiger partial charge in [-0.25, -0.2) is 9.18 Å². The van der Waals surface area contributed by atoms with Crippen molar-refractivity contribution in [1.29, 1.82) is 0 Å². The Morgan fingerprint density at radius 2 is 2.24 bits per heavy atom. The molecule has 88 valence electrons. The lowest BCUT2D eigenvalue weighted by atomic mass is 10.1. The first kappa shape index (κ1) is 11.6. The summed E-state index contributed by atoms with van der Waals surface area (Å²) >= 11 is 5.95. The van der Waals surface area contributed by atoms with Crippen LogP contribution in [0.3, 0.4) is 0 Å². The lowest BCUT2D eigenvalue weighted by Gasteiger charge is -2.04. The first-order chi connectivity index (χ1) is 8.00. The van der Waals surface area contributed by atoms with Crippen molar-refractivity contribution in [2.45, 2.75) is 6.92 Å². The summed E-state index contributed by atoms with van der Waals surface area (Å²) in [5.74, 6) is -1.84. The fourth-order valence-electron chi connectivity index (χ4n) is 1.38. The van der Waals surface area contributed by atoms with E-state index in [2.05, 4.69) is 5.16 Å². The average molecular weight is 256 g/mol. The van der Waals surface area contributed by atoms with E-state index < -0.39 is 11.8 Å². The Kier molecular flexibility index (Phi) is 2.85. The van der Waals surface area contributed by atoms with Gasteiger partial charge < -0.3 is 9.63 Å². The van der Waals surface area contributed by atoms with Crippen molar-refractivity contribution in [2.75, 3.05) is 0 Å². The monoisotopic (exact) mass is 255 g/mol. The highest BCUT2D eigenvalue weighted by molar-refractivity contribution is 6.34. The van der Waals surface area contributed by atoms with Gasteiger partial charge in [-0.1, -0.05) is 22.8 Å². The number of aryl methyl sites for hydroxylation is 1. The Balaban J connectivity index is 2.60. The fraction of sp³-hybridized carbons (Fsp3) is 0.0909. The zero-order chi connectivity index (χ0) is 12.6. The molecule has 0 radical (unpaired) electrons. The van der Waals surface area contributed by atoms with Crippen LogP contribution in [0.4, 0.5) is 4.39 Å². The van der Waals surface area contributed by atoms with Crippen molar-refractivity contribution in [1.82, 2.24) is 5.16 Å². The maximum Gasteiger partial charge on any atom is 0.358 e. The number of nitrogens with zero attached hydrogens (tertiary/aromatic N) is 1. The van der Waals surface area contributed by atoms with Crippen molar-refractivity contribution < 1.29 is 18.8 Å². The van der Waals surface area contributed by atoms with Crippen LogP contribution in [-0.2, 0) is 0 Å². The van der Waals surface area contributed by atoms with E-state index in [1.54, 1.807) is 6.92 Å². The summed E-state index contributed by atoms with van der Waals surface area (Å²) in [4.78, 5) is 10.6. The molecule has 0 fully saturated rings. The summed E-state index contributed by atoms with van der Waals surface area (Å²) in [6.07, 6.45) is 0. The molecule has 0 saturated carbocycles. The van der Waals surface area contributed by atoms with Gasteiger partial charge in [0.1, 0.15) is 5.82 Å². The molecule has 1 N–H and O–H groups in total. The molecule has 0 spiro atoms. The number of aromatic carboxylic acids is 1. The van der Waals surface area contributed by atoms with Gasteiger partial charge >= 0.3 is 5.97 Å². The first-order valence-corrected chi connectivity index (χ1v) is 5.03. The van der Waals surface area contributed by atoms with E-state index in [-0.39, 0.29) is 22.0 Å². The van der Waals surface area contributed by atoms with Crippen molar-refractivity contribution in [3.05, 3.63) is 40.3 Å². The van der Waals surface area contributed by atoms with Gasteiger partial charge in [-0.3, -0.25) is 0 Å². The van der Waals surface area contributed by atoms with E-state index in [4.69, 9.17) is 21.2 Å². The highest BCUT2D eigenvalue weighted by Gasteiger charge is 2.18. The van der Waals surface area contributed by atoms with Gasteiger partial charge in [0.05, 0.1) is 10.6 Å². The van der Waals surface area contributed by atoms with Gasteiger partial charge in [-0.2, -0.15) is 0 Å². The quantitative estimate of drug-likeness (QED) is 0.895. The SMILES string of the molecule is Cc1ccc(F)c(-c2cc(C(=O)O)no2)c1Cl. The summed E-state index contributed by atoms with van der Waals surface area (Å²) in [6.45, 7) is 1.71. The minimum absolute atomic E-state index is 0.00593. The standard InChI is InChI=1S/C11H7ClFNO3/c1-5-2-3-6(13)9(10(5)12)8-4-7(11(15)16)14-17-8/h2-4H,1H3,(H,15,16).